The van der Waals surface area contributed by atoms with Gasteiger partial charge in [0.25, 0.3) is 0 Å². The number of carbonyl (C=O) groups excluding carboxylic acids is 1. The van der Waals surface area contributed by atoms with Gasteiger partial charge >= 0.3 is 5.97 Å². The van der Waals surface area contributed by atoms with E-state index in [4.69, 9.17) is 0 Å². The average molecular weight is 332 g/mol. The Balaban J connectivity index is 1.90. The number of benzene rings is 3. The van der Waals surface area contributed by atoms with Crippen molar-refractivity contribution < 1.29 is 14.7 Å². The van der Waals surface area contributed by atoms with Crippen molar-refractivity contribution in [3.8, 4) is 0 Å². The summed E-state index contributed by atoms with van der Waals surface area (Å²) in [4.78, 5) is 24.7. The van der Waals surface area contributed by atoms with E-state index in [1.54, 1.807) is 18.2 Å². The van der Waals surface area contributed by atoms with Crippen LogP contribution in [-0.4, -0.2) is 16.9 Å². The number of thiophene rings is 1. The summed E-state index contributed by atoms with van der Waals surface area (Å²) in [5, 5.41) is 12.5. The van der Waals surface area contributed by atoms with E-state index in [1.807, 2.05) is 42.5 Å². The van der Waals surface area contributed by atoms with Gasteiger partial charge in [-0.15, -0.1) is 11.3 Å². The summed E-state index contributed by atoms with van der Waals surface area (Å²) in [6.45, 7) is 0. The number of carboxylic acid groups (broad SMARTS) is 1. The van der Waals surface area contributed by atoms with E-state index in [1.165, 1.54) is 17.4 Å². The zero-order valence-corrected chi connectivity index (χ0v) is 13.3. The number of hydrogen-bond acceptors (Lipinski definition) is 3. The smallest absolute Gasteiger partial charge is 0.336 e. The van der Waals surface area contributed by atoms with E-state index in [2.05, 4.69) is 0 Å². The van der Waals surface area contributed by atoms with E-state index >= 15 is 0 Å². The minimum Gasteiger partial charge on any atom is -0.478 e. The molecule has 24 heavy (non-hydrogen) atoms. The number of hydrogen-bond donors (Lipinski definition) is 1. The van der Waals surface area contributed by atoms with Gasteiger partial charge in [0.15, 0.2) is 0 Å². The summed E-state index contributed by atoms with van der Waals surface area (Å²) in [5.74, 6) is -1.34. The second-order valence-electron chi connectivity index (χ2n) is 5.50. The molecule has 0 radical (unpaired) electrons. The summed E-state index contributed by atoms with van der Waals surface area (Å²) >= 11 is 1.41. The monoisotopic (exact) mass is 332 g/mol. The Morgan fingerprint density at radius 3 is 2.25 bits per heavy atom. The molecular formula is C20H12O3S. The van der Waals surface area contributed by atoms with E-state index in [-0.39, 0.29) is 16.9 Å². The lowest BCUT2D eigenvalue weighted by molar-refractivity contribution is 0.0693. The summed E-state index contributed by atoms with van der Waals surface area (Å²) in [5.41, 5.74) is 0.255. The lowest BCUT2D eigenvalue weighted by Crippen LogP contribution is -2.08. The van der Waals surface area contributed by atoms with E-state index in [0.29, 0.717) is 4.88 Å². The molecule has 1 aromatic heterocycles. The lowest BCUT2D eigenvalue weighted by Gasteiger charge is -2.02. The van der Waals surface area contributed by atoms with E-state index < -0.39 is 5.97 Å². The van der Waals surface area contributed by atoms with Crippen molar-refractivity contribution in [3.63, 3.8) is 0 Å². The molecule has 0 spiro atoms. The third-order valence-corrected chi connectivity index (χ3v) is 5.22. The van der Waals surface area contributed by atoms with Gasteiger partial charge in [0.2, 0.25) is 5.78 Å². The predicted octanol–water partition coefficient (Wildman–Crippen LogP) is 4.98. The summed E-state index contributed by atoms with van der Waals surface area (Å²) in [6.07, 6.45) is 0. The Kier molecular flexibility index (Phi) is 3.40. The van der Waals surface area contributed by atoms with Crippen molar-refractivity contribution >= 4 is 43.9 Å². The van der Waals surface area contributed by atoms with Gasteiger partial charge in [-0.3, -0.25) is 4.79 Å². The largest absolute Gasteiger partial charge is 0.478 e. The molecule has 4 aromatic rings. The zero-order chi connectivity index (χ0) is 16.7. The van der Waals surface area contributed by atoms with Gasteiger partial charge in [-0.1, -0.05) is 54.6 Å². The van der Waals surface area contributed by atoms with Crippen LogP contribution in [0.15, 0.2) is 66.7 Å². The summed E-state index contributed by atoms with van der Waals surface area (Å²) < 4.78 is 1.05. The van der Waals surface area contributed by atoms with Crippen molar-refractivity contribution in [1.82, 2.24) is 0 Å². The molecule has 0 unspecified atom stereocenters. The molecule has 0 aliphatic carbocycles. The van der Waals surface area contributed by atoms with Crippen molar-refractivity contribution in [2.24, 2.45) is 0 Å². The highest BCUT2D eigenvalue weighted by Crippen LogP contribution is 2.33. The molecule has 1 N–H and O–H groups in total. The van der Waals surface area contributed by atoms with Crippen molar-refractivity contribution in [1.29, 1.82) is 0 Å². The average Bonchev–Trinajstić information content (AvgIpc) is 3.05. The first-order valence-corrected chi connectivity index (χ1v) is 8.25. The number of aromatic carboxylic acids is 1. The summed E-state index contributed by atoms with van der Waals surface area (Å²) in [7, 11) is 0. The molecule has 3 nitrogen and oxygen atoms in total. The van der Waals surface area contributed by atoms with Crippen molar-refractivity contribution in [2.45, 2.75) is 0 Å². The van der Waals surface area contributed by atoms with E-state index in [9.17, 15) is 14.7 Å². The Morgan fingerprint density at radius 2 is 1.46 bits per heavy atom. The molecule has 0 saturated carbocycles. The molecule has 0 bridgehead atoms. The van der Waals surface area contributed by atoms with Crippen LogP contribution in [0.2, 0.25) is 0 Å². The highest BCUT2D eigenvalue weighted by Gasteiger charge is 2.19. The standard InChI is InChI=1S/C20H12O3S/c21-18(15-7-3-4-8-16(15)20(22)23)17-11-13-10-9-12-5-1-2-6-14(12)19(13)24-17/h1-11H,(H,22,23). The van der Waals surface area contributed by atoms with Crippen molar-refractivity contribution in [2.75, 3.05) is 0 Å². The van der Waals surface area contributed by atoms with E-state index in [0.717, 1.165) is 20.9 Å². The molecule has 1 heterocycles. The van der Waals surface area contributed by atoms with Crippen LogP contribution in [0.1, 0.15) is 25.6 Å². The van der Waals surface area contributed by atoms with Crippen LogP contribution in [0.4, 0.5) is 0 Å². The number of carboxylic acids is 1. The van der Waals surface area contributed by atoms with Crippen LogP contribution in [0.5, 0.6) is 0 Å². The first kappa shape index (κ1) is 14.6. The molecular weight excluding hydrogens is 320 g/mol. The topological polar surface area (TPSA) is 54.4 Å². The van der Waals surface area contributed by atoms with Crippen LogP contribution in [0.3, 0.4) is 0 Å². The Labute approximate surface area is 141 Å². The molecule has 0 aliphatic heterocycles. The second-order valence-corrected chi connectivity index (χ2v) is 6.55. The maximum absolute atomic E-state index is 12.8. The third-order valence-electron chi connectivity index (χ3n) is 4.03. The van der Waals surface area contributed by atoms with Gasteiger partial charge in [0, 0.05) is 10.3 Å². The number of carbonyl (C=O) groups is 2. The predicted molar refractivity (Wildman–Crippen MR) is 96.2 cm³/mol. The number of ketones is 1. The van der Waals surface area contributed by atoms with Crippen molar-refractivity contribution in [3.05, 3.63) is 82.7 Å². The van der Waals surface area contributed by atoms with Gasteiger partial charge in [-0.05, 0) is 28.3 Å². The quantitative estimate of drug-likeness (QED) is 0.538. The molecule has 4 rings (SSSR count). The SMILES string of the molecule is O=C(O)c1ccccc1C(=O)c1cc2ccc3ccccc3c2s1. The molecule has 116 valence electrons. The minimum atomic E-state index is -1.09. The molecule has 0 aliphatic rings. The van der Waals surface area contributed by atoms with Crippen LogP contribution in [0.25, 0.3) is 20.9 Å². The maximum atomic E-state index is 12.8. The first-order valence-electron chi connectivity index (χ1n) is 7.43. The normalized spacial score (nSPS) is 11.0. The Hall–Kier alpha value is -2.98. The third kappa shape index (κ3) is 2.28. The van der Waals surface area contributed by atoms with Gasteiger partial charge in [-0.25, -0.2) is 4.79 Å². The Bertz CT molecular complexity index is 1110. The number of fused-ring (bicyclic) bond motifs is 3. The van der Waals surface area contributed by atoms with Gasteiger partial charge in [0.05, 0.1) is 10.4 Å². The fraction of sp³-hybridized carbons (Fsp3) is 0. The van der Waals surface area contributed by atoms with Gasteiger partial charge < -0.3 is 5.11 Å². The summed E-state index contributed by atoms with van der Waals surface area (Å²) in [6, 6.07) is 20.2. The van der Waals surface area contributed by atoms with Gasteiger partial charge in [0.1, 0.15) is 0 Å². The fourth-order valence-electron chi connectivity index (χ4n) is 2.88. The van der Waals surface area contributed by atoms with Gasteiger partial charge in [-0.2, -0.15) is 0 Å². The molecule has 0 fully saturated rings. The number of rotatable bonds is 3. The fourth-order valence-corrected chi connectivity index (χ4v) is 4.03. The minimum absolute atomic E-state index is 0.0322. The van der Waals surface area contributed by atoms with Crippen LogP contribution < -0.4 is 0 Å². The Morgan fingerprint density at radius 1 is 0.792 bits per heavy atom. The van der Waals surface area contributed by atoms with Crippen LogP contribution >= 0.6 is 11.3 Å². The highest BCUT2D eigenvalue weighted by molar-refractivity contribution is 7.22. The lowest BCUT2D eigenvalue weighted by atomic mass is 10.0. The zero-order valence-electron chi connectivity index (χ0n) is 12.5. The molecule has 0 atom stereocenters. The molecule has 0 amide bonds. The van der Waals surface area contributed by atoms with Crippen LogP contribution in [-0.2, 0) is 0 Å². The molecule has 0 saturated heterocycles. The highest BCUT2D eigenvalue weighted by atomic mass is 32.1. The maximum Gasteiger partial charge on any atom is 0.336 e. The molecule has 4 heteroatoms. The second kappa shape index (κ2) is 5.58. The molecule has 3 aromatic carbocycles. The first-order chi connectivity index (χ1) is 11.6. The van der Waals surface area contributed by atoms with Crippen LogP contribution in [0, 0.1) is 0 Å².